The first-order valence-electron chi connectivity index (χ1n) is 8.74. The normalized spacial score (nSPS) is 30.4. The first-order valence-corrected chi connectivity index (χ1v) is 8.74. The molecule has 25 heavy (non-hydrogen) atoms. The summed E-state index contributed by atoms with van der Waals surface area (Å²) in [4.78, 5) is 14.9. The molecule has 130 valence electrons. The lowest BCUT2D eigenvalue weighted by Crippen LogP contribution is -2.82. The third-order valence-corrected chi connectivity index (χ3v) is 5.09. The second-order valence-electron chi connectivity index (χ2n) is 7.49. The average molecular weight is 337 g/mol. The summed E-state index contributed by atoms with van der Waals surface area (Å²) in [6.07, 6.45) is 0.145. The van der Waals surface area contributed by atoms with Crippen LogP contribution in [-0.2, 0) is 15.3 Å². The predicted octanol–water partition coefficient (Wildman–Crippen LogP) is 3.72. The minimum atomic E-state index is -0.880. The second-order valence-corrected chi connectivity index (χ2v) is 7.49. The Balaban J connectivity index is 1.80. The lowest BCUT2D eigenvalue weighted by atomic mass is 9.76. The van der Waals surface area contributed by atoms with Gasteiger partial charge in [-0.2, -0.15) is 0 Å². The van der Waals surface area contributed by atoms with E-state index in [1.165, 1.54) is 0 Å². The molecule has 2 saturated heterocycles. The molecule has 0 spiro atoms. The van der Waals surface area contributed by atoms with E-state index in [9.17, 15) is 4.79 Å². The highest BCUT2D eigenvalue weighted by Crippen LogP contribution is 2.53. The van der Waals surface area contributed by atoms with Crippen molar-refractivity contribution in [2.45, 2.75) is 50.7 Å². The summed E-state index contributed by atoms with van der Waals surface area (Å²) in [6.45, 7) is 6.26. The number of hydrogen-bond acceptors (Lipinski definition) is 3. The van der Waals surface area contributed by atoms with E-state index in [1.807, 2.05) is 65.6 Å². The minimum Gasteiger partial charge on any atom is -0.475 e. The van der Waals surface area contributed by atoms with E-state index in [4.69, 9.17) is 9.47 Å². The van der Waals surface area contributed by atoms with Crippen molar-refractivity contribution >= 4 is 5.91 Å². The van der Waals surface area contributed by atoms with E-state index in [1.54, 1.807) is 0 Å². The molecule has 0 aromatic heterocycles. The van der Waals surface area contributed by atoms with Gasteiger partial charge in [-0.3, -0.25) is 9.69 Å². The van der Waals surface area contributed by atoms with E-state index >= 15 is 0 Å². The molecule has 2 aromatic rings. The number of carbonyl (C=O) groups is 1. The van der Waals surface area contributed by atoms with Gasteiger partial charge in [0.05, 0.1) is 6.10 Å². The van der Waals surface area contributed by atoms with Crippen LogP contribution in [0.2, 0.25) is 0 Å². The molecule has 4 rings (SSSR count). The van der Waals surface area contributed by atoms with Crippen LogP contribution in [0, 0.1) is 0 Å². The molecule has 4 nitrogen and oxygen atoms in total. The maximum atomic E-state index is 13.0. The molecule has 2 aliphatic heterocycles. The van der Waals surface area contributed by atoms with E-state index in [2.05, 4.69) is 20.8 Å². The molecule has 0 radical (unpaired) electrons. The number of para-hydroxylation sites is 1. The standard InChI is InChI=1S/C21H23NO3/c1-15-14-20(2,3)22-19(23)18(24-17-12-8-5-9-13-17)21(22,25-15)16-10-6-4-7-11-16/h4-13,15,18H,14H2,1-3H3/t15-,18-,21+/m1/s1. The Morgan fingerprint density at radius 1 is 1.04 bits per heavy atom. The van der Waals surface area contributed by atoms with Crippen LogP contribution in [0.5, 0.6) is 5.75 Å². The lowest BCUT2D eigenvalue weighted by molar-refractivity contribution is -0.326. The summed E-state index contributed by atoms with van der Waals surface area (Å²) in [6, 6.07) is 19.4. The molecule has 0 bridgehead atoms. The Labute approximate surface area is 148 Å². The molecule has 0 N–H and O–H groups in total. The van der Waals surface area contributed by atoms with Crippen molar-refractivity contribution in [3.63, 3.8) is 0 Å². The molecule has 2 aliphatic rings. The Morgan fingerprint density at radius 3 is 2.28 bits per heavy atom. The average Bonchev–Trinajstić information content (AvgIpc) is 2.59. The first kappa shape index (κ1) is 16.2. The number of fused-ring (bicyclic) bond motifs is 1. The predicted molar refractivity (Wildman–Crippen MR) is 95.1 cm³/mol. The molecule has 2 heterocycles. The Bertz CT molecular complexity index is 774. The number of rotatable bonds is 3. The van der Waals surface area contributed by atoms with Crippen molar-refractivity contribution in [1.29, 1.82) is 0 Å². The van der Waals surface area contributed by atoms with Crippen molar-refractivity contribution in [2.75, 3.05) is 0 Å². The molecular weight excluding hydrogens is 314 g/mol. The van der Waals surface area contributed by atoms with Gasteiger partial charge in [-0.1, -0.05) is 48.5 Å². The first-order chi connectivity index (χ1) is 11.9. The van der Waals surface area contributed by atoms with E-state index < -0.39 is 11.8 Å². The van der Waals surface area contributed by atoms with Crippen molar-refractivity contribution in [2.24, 2.45) is 0 Å². The smallest absolute Gasteiger partial charge is 0.272 e. The molecular formula is C21H23NO3. The lowest BCUT2D eigenvalue weighted by Gasteiger charge is -2.65. The summed E-state index contributed by atoms with van der Waals surface area (Å²) in [7, 11) is 0. The highest BCUT2D eigenvalue weighted by molar-refractivity contribution is 5.91. The number of hydrogen-bond donors (Lipinski definition) is 0. The van der Waals surface area contributed by atoms with Gasteiger partial charge < -0.3 is 9.47 Å². The van der Waals surface area contributed by atoms with Gasteiger partial charge in [-0.15, -0.1) is 0 Å². The van der Waals surface area contributed by atoms with Crippen LogP contribution < -0.4 is 4.74 Å². The maximum absolute atomic E-state index is 13.0. The summed E-state index contributed by atoms with van der Waals surface area (Å²) in [5.41, 5.74) is -0.216. The number of β-lactam (4-membered cyclic amide) rings is 1. The van der Waals surface area contributed by atoms with Crippen LogP contribution in [0.15, 0.2) is 60.7 Å². The quantitative estimate of drug-likeness (QED) is 0.801. The minimum absolute atomic E-state index is 0.0235. The van der Waals surface area contributed by atoms with Gasteiger partial charge in [0.15, 0.2) is 0 Å². The number of nitrogens with zero attached hydrogens (tertiary/aromatic N) is 1. The van der Waals surface area contributed by atoms with Crippen LogP contribution in [-0.4, -0.2) is 28.6 Å². The maximum Gasteiger partial charge on any atom is 0.272 e. The SMILES string of the molecule is C[C@@H]1CC(C)(C)N2C(=O)[C@@H](Oc3ccccc3)[C@]2(c2ccccc2)O1. The molecule has 0 aliphatic carbocycles. The molecule has 4 heteroatoms. The van der Waals surface area contributed by atoms with Crippen molar-refractivity contribution in [3.8, 4) is 5.75 Å². The van der Waals surface area contributed by atoms with Crippen LogP contribution >= 0.6 is 0 Å². The van der Waals surface area contributed by atoms with E-state index in [0.717, 1.165) is 12.0 Å². The highest BCUT2D eigenvalue weighted by atomic mass is 16.6. The highest BCUT2D eigenvalue weighted by Gasteiger charge is 2.70. The second kappa shape index (κ2) is 5.60. The monoisotopic (exact) mass is 337 g/mol. The van der Waals surface area contributed by atoms with Gasteiger partial charge in [0.2, 0.25) is 11.8 Å². The molecule has 1 amide bonds. The third kappa shape index (κ3) is 2.35. The zero-order valence-electron chi connectivity index (χ0n) is 14.8. The molecule has 0 unspecified atom stereocenters. The van der Waals surface area contributed by atoms with Crippen LogP contribution in [0.3, 0.4) is 0 Å². The fraction of sp³-hybridized carbons (Fsp3) is 0.381. The number of benzene rings is 2. The van der Waals surface area contributed by atoms with Crippen molar-refractivity contribution < 1.29 is 14.3 Å². The number of carbonyl (C=O) groups excluding carboxylic acids is 1. The van der Waals surface area contributed by atoms with Crippen LogP contribution in [0.25, 0.3) is 0 Å². The fourth-order valence-corrected chi connectivity index (χ4v) is 4.30. The van der Waals surface area contributed by atoms with Gasteiger partial charge in [-0.05, 0) is 39.3 Å². The van der Waals surface area contributed by atoms with Gasteiger partial charge in [0.1, 0.15) is 5.75 Å². The van der Waals surface area contributed by atoms with Gasteiger partial charge in [0, 0.05) is 11.1 Å². The molecule has 3 atom stereocenters. The topological polar surface area (TPSA) is 38.8 Å². The Hall–Kier alpha value is -2.33. The Morgan fingerprint density at radius 2 is 1.64 bits per heavy atom. The largest absolute Gasteiger partial charge is 0.475 e. The van der Waals surface area contributed by atoms with Crippen LogP contribution in [0.1, 0.15) is 32.8 Å². The summed E-state index contributed by atoms with van der Waals surface area (Å²) >= 11 is 0. The fourth-order valence-electron chi connectivity index (χ4n) is 4.30. The zero-order valence-corrected chi connectivity index (χ0v) is 14.8. The van der Waals surface area contributed by atoms with Gasteiger partial charge in [0.25, 0.3) is 5.91 Å². The van der Waals surface area contributed by atoms with E-state index in [0.29, 0.717) is 5.75 Å². The molecule has 2 fully saturated rings. The number of ether oxygens (including phenoxy) is 2. The van der Waals surface area contributed by atoms with Gasteiger partial charge >= 0.3 is 0 Å². The van der Waals surface area contributed by atoms with Crippen molar-refractivity contribution in [1.82, 2.24) is 4.90 Å². The summed E-state index contributed by atoms with van der Waals surface area (Å²) in [5, 5.41) is 0. The van der Waals surface area contributed by atoms with Crippen molar-refractivity contribution in [3.05, 3.63) is 66.2 Å². The zero-order chi connectivity index (χ0) is 17.7. The third-order valence-electron chi connectivity index (χ3n) is 5.09. The molecule has 2 aromatic carbocycles. The van der Waals surface area contributed by atoms with E-state index in [-0.39, 0.29) is 17.6 Å². The van der Waals surface area contributed by atoms with Crippen LogP contribution in [0.4, 0.5) is 0 Å². The Kier molecular flexibility index (Phi) is 3.62. The molecule has 0 saturated carbocycles. The van der Waals surface area contributed by atoms with Gasteiger partial charge in [-0.25, -0.2) is 0 Å². The number of amides is 1. The summed E-state index contributed by atoms with van der Waals surface area (Å²) in [5.74, 6) is 0.653. The summed E-state index contributed by atoms with van der Waals surface area (Å²) < 4.78 is 12.5.